The van der Waals surface area contributed by atoms with Gasteiger partial charge in [-0.1, -0.05) is 11.8 Å². The van der Waals surface area contributed by atoms with E-state index in [0.717, 1.165) is 24.0 Å². The van der Waals surface area contributed by atoms with Crippen molar-refractivity contribution in [3.63, 3.8) is 0 Å². The van der Waals surface area contributed by atoms with Crippen LogP contribution in [0, 0.1) is 17.7 Å². The Bertz CT molecular complexity index is 793. The minimum absolute atomic E-state index is 0.241. The molecule has 2 rings (SSSR count). The van der Waals surface area contributed by atoms with Crippen LogP contribution in [0.2, 0.25) is 0 Å². The Labute approximate surface area is 122 Å². The monoisotopic (exact) mass is 305 g/mol. The minimum atomic E-state index is -3.87. The number of aromatic nitrogens is 1. The molecule has 0 aliphatic rings. The number of sulfonamides is 1. The smallest absolute Gasteiger partial charge is 0.263 e. The van der Waals surface area contributed by atoms with Gasteiger partial charge in [-0.15, -0.1) is 0 Å². The molecule has 21 heavy (non-hydrogen) atoms. The first-order chi connectivity index (χ1) is 10.0. The average Bonchev–Trinajstić information content (AvgIpc) is 2.46. The van der Waals surface area contributed by atoms with Gasteiger partial charge in [0.1, 0.15) is 10.7 Å². The number of anilines is 1. The summed E-state index contributed by atoms with van der Waals surface area (Å²) < 4.78 is 39.5. The van der Waals surface area contributed by atoms with E-state index in [9.17, 15) is 12.8 Å². The highest BCUT2D eigenvalue weighted by Gasteiger charge is 2.15. The van der Waals surface area contributed by atoms with Gasteiger partial charge in [0.05, 0.1) is 12.7 Å². The van der Waals surface area contributed by atoms with Gasteiger partial charge in [-0.2, -0.15) is 0 Å². The van der Waals surface area contributed by atoms with E-state index in [1.807, 2.05) is 0 Å². The molecule has 3 N–H and O–H groups in total. The summed E-state index contributed by atoms with van der Waals surface area (Å²) in [7, 11) is -3.87. The molecule has 0 spiro atoms. The Kier molecular flexibility index (Phi) is 4.52. The van der Waals surface area contributed by atoms with Gasteiger partial charge in [-0.25, -0.2) is 12.8 Å². The first-order valence-corrected chi connectivity index (χ1v) is 7.42. The molecule has 5 nitrogen and oxygen atoms in total. The van der Waals surface area contributed by atoms with Gasteiger partial charge in [-0.05, 0) is 30.3 Å². The first kappa shape index (κ1) is 15.0. The fraction of sp³-hybridized carbons (Fsp3) is 0.0714. The summed E-state index contributed by atoms with van der Waals surface area (Å²) in [6, 6.07) is 7.33. The number of benzene rings is 1. The second kappa shape index (κ2) is 6.35. The highest BCUT2D eigenvalue weighted by atomic mass is 32.2. The fourth-order valence-electron chi connectivity index (χ4n) is 1.53. The highest BCUT2D eigenvalue weighted by Crippen LogP contribution is 2.16. The van der Waals surface area contributed by atoms with Crippen LogP contribution < -0.4 is 10.5 Å². The zero-order valence-electron chi connectivity index (χ0n) is 10.9. The van der Waals surface area contributed by atoms with Crippen molar-refractivity contribution in [1.82, 2.24) is 4.98 Å². The van der Waals surface area contributed by atoms with E-state index in [1.54, 1.807) is 24.3 Å². The molecule has 0 aliphatic heterocycles. The maximum Gasteiger partial charge on any atom is 0.263 e. The zero-order valence-corrected chi connectivity index (χ0v) is 11.7. The van der Waals surface area contributed by atoms with Crippen molar-refractivity contribution in [3.05, 3.63) is 54.1 Å². The number of nitrogens with one attached hydrogen (secondary N) is 1. The summed E-state index contributed by atoms with van der Waals surface area (Å²) in [6.45, 7) is 0.251. The number of hydrogen-bond donors (Lipinski definition) is 2. The van der Waals surface area contributed by atoms with Crippen LogP contribution in [0.5, 0.6) is 0 Å². The number of nitrogens with zero attached hydrogens (tertiary/aromatic N) is 1. The third kappa shape index (κ3) is 4.02. The van der Waals surface area contributed by atoms with E-state index in [0.29, 0.717) is 5.69 Å². The summed E-state index contributed by atoms with van der Waals surface area (Å²) in [5.74, 6) is 4.80. The molecular weight excluding hydrogens is 293 g/mol. The Balaban J connectivity index is 2.21. The normalized spacial score (nSPS) is 10.6. The predicted octanol–water partition coefficient (Wildman–Crippen LogP) is 1.33. The maximum atomic E-state index is 13.0. The molecule has 0 unspecified atom stereocenters. The molecule has 1 heterocycles. The summed E-state index contributed by atoms with van der Waals surface area (Å²) >= 11 is 0. The molecule has 0 saturated carbocycles. The Morgan fingerprint density at radius 3 is 2.57 bits per heavy atom. The van der Waals surface area contributed by atoms with Crippen molar-refractivity contribution in [3.8, 4) is 11.8 Å². The van der Waals surface area contributed by atoms with Crippen LogP contribution in [0.3, 0.4) is 0 Å². The van der Waals surface area contributed by atoms with Gasteiger partial charge in [0.2, 0.25) is 0 Å². The average molecular weight is 305 g/mol. The molecular formula is C14H12FN3O2S. The van der Waals surface area contributed by atoms with Gasteiger partial charge in [0, 0.05) is 17.4 Å². The van der Waals surface area contributed by atoms with Crippen LogP contribution in [0.4, 0.5) is 10.1 Å². The fourth-order valence-corrected chi connectivity index (χ4v) is 2.56. The predicted molar refractivity (Wildman–Crippen MR) is 77.4 cm³/mol. The van der Waals surface area contributed by atoms with E-state index >= 15 is 0 Å². The molecule has 0 radical (unpaired) electrons. The van der Waals surface area contributed by atoms with E-state index in [-0.39, 0.29) is 11.4 Å². The molecule has 0 aliphatic carbocycles. The summed E-state index contributed by atoms with van der Waals surface area (Å²) in [4.78, 5) is 3.27. The number of hydrogen-bond acceptors (Lipinski definition) is 4. The van der Waals surface area contributed by atoms with Crippen LogP contribution in [-0.4, -0.2) is 19.9 Å². The lowest BCUT2D eigenvalue weighted by Gasteiger charge is -2.07. The van der Waals surface area contributed by atoms with Crippen LogP contribution in [-0.2, 0) is 10.0 Å². The molecule has 108 valence electrons. The van der Waals surface area contributed by atoms with Crippen molar-refractivity contribution >= 4 is 15.7 Å². The van der Waals surface area contributed by atoms with Crippen LogP contribution in [0.15, 0.2) is 47.6 Å². The first-order valence-electron chi connectivity index (χ1n) is 5.93. The molecule has 7 heteroatoms. The molecule has 1 aromatic heterocycles. The van der Waals surface area contributed by atoms with Crippen LogP contribution in [0.1, 0.15) is 5.56 Å². The van der Waals surface area contributed by atoms with E-state index < -0.39 is 15.8 Å². The largest absolute Gasteiger partial charge is 0.320 e. The second-order valence-electron chi connectivity index (χ2n) is 4.03. The number of pyridine rings is 1. The third-order valence-electron chi connectivity index (χ3n) is 2.46. The molecule has 0 amide bonds. The Morgan fingerprint density at radius 2 is 1.95 bits per heavy atom. The highest BCUT2D eigenvalue weighted by molar-refractivity contribution is 7.92. The Morgan fingerprint density at radius 1 is 1.24 bits per heavy atom. The van der Waals surface area contributed by atoms with E-state index in [1.165, 1.54) is 0 Å². The molecule has 0 fully saturated rings. The molecule has 2 aromatic rings. The number of halogens is 1. The van der Waals surface area contributed by atoms with Gasteiger partial charge >= 0.3 is 0 Å². The summed E-state index contributed by atoms with van der Waals surface area (Å²) in [6.07, 6.45) is 2.01. The number of rotatable bonds is 3. The zero-order chi connectivity index (χ0) is 15.3. The molecule has 1 aromatic carbocycles. The van der Waals surface area contributed by atoms with Gasteiger partial charge in [0.25, 0.3) is 10.0 Å². The molecule has 0 atom stereocenters. The van der Waals surface area contributed by atoms with Gasteiger partial charge < -0.3 is 5.73 Å². The second-order valence-corrected chi connectivity index (χ2v) is 5.71. The van der Waals surface area contributed by atoms with Crippen molar-refractivity contribution in [2.75, 3.05) is 11.3 Å². The molecule has 0 saturated heterocycles. The van der Waals surface area contributed by atoms with Crippen LogP contribution >= 0.6 is 0 Å². The van der Waals surface area contributed by atoms with E-state index in [4.69, 9.17) is 5.73 Å². The molecule has 0 bridgehead atoms. The topological polar surface area (TPSA) is 85.1 Å². The van der Waals surface area contributed by atoms with E-state index in [2.05, 4.69) is 21.5 Å². The lowest BCUT2D eigenvalue weighted by atomic mass is 10.2. The van der Waals surface area contributed by atoms with Gasteiger partial charge in [-0.3, -0.25) is 9.71 Å². The van der Waals surface area contributed by atoms with Crippen molar-refractivity contribution in [2.45, 2.75) is 4.90 Å². The Hall–Kier alpha value is -2.43. The summed E-state index contributed by atoms with van der Waals surface area (Å²) in [5.41, 5.74) is 6.33. The summed E-state index contributed by atoms with van der Waals surface area (Å²) in [5, 5.41) is 0. The van der Waals surface area contributed by atoms with Crippen molar-refractivity contribution in [2.24, 2.45) is 5.73 Å². The van der Waals surface area contributed by atoms with Gasteiger partial charge in [0.15, 0.2) is 0 Å². The number of nitrogens with two attached hydrogens (primary N) is 1. The third-order valence-corrected chi connectivity index (χ3v) is 3.81. The maximum absolute atomic E-state index is 13.0. The van der Waals surface area contributed by atoms with Crippen LogP contribution in [0.25, 0.3) is 0 Å². The quantitative estimate of drug-likeness (QED) is 0.838. The SMILES string of the molecule is NCC#Cc1ccc(NS(=O)(=O)c2cncc(F)c2)cc1. The lowest BCUT2D eigenvalue weighted by molar-refractivity contribution is 0.592. The van der Waals surface area contributed by atoms with Crippen molar-refractivity contribution in [1.29, 1.82) is 0 Å². The lowest BCUT2D eigenvalue weighted by Crippen LogP contribution is -2.13. The standard InChI is InChI=1S/C14H12FN3O2S/c15-12-8-14(10-17-9-12)21(19,20)18-13-5-3-11(4-6-13)2-1-7-16/h3-6,8-10,18H,7,16H2. The minimum Gasteiger partial charge on any atom is -0.320 e. The van der Waals surface area contributed by atoms with Crippen molar-refractivity contribution < 1.29 is 12.8 Å².